The molecular formula is C19H17N3O2S. The molecule has 1 aromatic carbocycles. The second-order valence-corrected chi connectivity index (χ2v) is 6.45. The minimum absolute atomic E-state index is 0.121. The number of benzene rings is 1. The van der Waals surface area contributed by atoms with E-state index in [0.29, 0.717) is 22.4 Å². The molecule has 2 heterocycles. The highest BCUT2D eigenvalue weighted by Crippen LogP contribution is 2.34. The van der Waals surface area contributed by atoms with Gasteiger partial charge in [-0.15, -0.1) is 6.58 Å². The second-order valence-electron chi connectivity index (χ2n) is 5.44. The SMILES string of the molecule is C=CCN1C(=O)/C(=C/c2ccc(O)cc2)S/C1=N/c1cccc(C)n1. The van der Waals surface area contributed by atoms with E-state index >= 15 is 0 Å². The summed E-state index contributed by atoms with van der Waals surface area (Å²) in [5, 5.41) is 9.95. The molecule has 1 fully saturated rings. The van der Waals surface area contributed by atoms with Gasteiger partial charge in [-0.2, -0.15) is 0 Å². The number of phenols is 1. The molecule has 0 bridgehead atoms. The number of thioether (sulfide) groups is 1. The minimum Gasteiger partial charge on any atom is -0.508 e. The first-order chi connectivity index (χ1) is 12.1. The highest BCUT2D eigenvalue weighted by molar-refractivity contribution is 8.18. The largest absolute Gasteiger partial charge is 0.508 e. The Hall–Kier alpha value is -2.86. The predicted molar refractivity (Wildman–Crippen MR) is 102 cm³/mol. The van der Waals surface area contributed by atoms with Crippen LogP contribution in [0, 0.1) is 6.92 Å². The topological polar surface area (TPSA) is 65.8 Å². The third-order valence-corrected chi connectivity index (χ3v) is 4.48. The molecule has 3 rings (SSSR count). The van der Waals surface area contributed by atoms with Crippen LogP contribution >= 0.6 is 11.8 Å². The van der Waals surface area contributed by atoms with Crippen molar-refractivity contribution in [1.82, 2.24) is 9.88 Å². The van der Waals surface area contributed by atoms with Crippen molar-refractivity contribution < 1.29 is 9.90 Å². The van der Waals surface area contributed by atoms with E-state index in [4.69, 9.17) is 0 Å². The number of hydrogen-bond donors (Lipinski definition) is 1. The number of amides is 1. The van der Waals surface area contributed by atoms with Crippen LogP contribution in [0.2, 0.25) is 0 Å². The van der Waals surface area contributed by atoms with Crippen LogP contribution in [0.1, 0.15) is 11.3 Å². The van der Waals surface area contributed by atoms with E-state index in [1.165, 1.54) is 11.8 Å². The van der Waals surface area contributed by atoms with E-state index in [0.717, 1.165) is 11.3 Å². The summed E-state index contributed by atoms with van der Waals surface area (Å²) in [7, 11) is 0. The number of carbonyl (C=O) groups is 1. The van der Waals surface area contributed by atoms with Crippen molar-refractivity contribution in [3.63, 3.8) is 0 Å². The molecule has 2 aromatic rings. The van der Waals surface area contributed by atoms with Crippen molar-refractivity contribution in [2.24, 2.45) is 4.99 Å². The van der Waals surface area contributed by atoms with Crippen LogP contribution in [0.3, 0.4) is 0 Å². The molecule has 0 saturated carbocycles. The van der Waals surface area contributed by atoms with Gasteiger partial charge in [0.15, 0.2) is 11.0 Å². The van der Waals surface area contributed by atoms with E-state index in [-0.39, 0.29) is 11.7 Å². The van der Waals surface area contributed by atoms with Crippen LogP contribution < -0.4 is 0 Å². The highest BCUT2D eigenvalue weighted by atomic mass is 32.2. The molecule has 6 heteroatoms. The summed E-state index contributed by atoms with van der Waals surface area (Å²) in [5.74, 6) is 0.633. The number of pyridine rings is 1. The molecular weight excluding hydrogens is 334 g/mol. The zero-order valence-electron chi connectivity index (χ0n) is 13.7. The summed E-state index contributed by atoms with van der Waals surface area (Å²) >= 11 is 1.30. The lowest BCUT2D eigenvalue weighted by Crippen LogP contribution is -2.29. The number of aliphatic imine (C=N–C) groups is 1. The Bertz CT molecular complexity index is 872. The monoisotopic (exact) mass is 351 g/mol. The van der Waals surface area contributed by atoms with E-state index in [1.807, 2.05) is 19.1 Å². The number of aryl methyl sites for hydroxylation is 1. The van der Waals surface area contributed by atoms with Crippen molar-refractivity contribution in [1.29, 1.82) is 0 Å². The summed E-state index contributed by atoms with van der Waals surface area (Å²) in [6.07, 6.45) is 3.45. The van der Waals surface area contributed by atoms with Crippen molar-refractivity contribution >= 4 is 34.7 Å². The van der Waals surface area contributed by atoms with E-state index in [2.05, 4.69) is 16.6 Å². The lowest BCUT2D eigenvalue weighted by atomic mass is 10.2. The molecule has 25 heavy (non-hydrogen) atoms. The lowest BCUT2D eigenvalue weighted by molar-refractivity contribution is -0.121. The molecule has 0 unspecified atom stereocenters. The Labute approximate surface area is 150 Å². The fourth-order valence-corrected chi connectivity index (χ4v) is 3.29. The predicted octanol–water partition coefficient (Wildman–Crippen LogP) is 3.89. The molecule has 0 atom stereocenters. The van der Waals surface area contributed by atoms with Gasteiger partial charge in [-0.05, 0) is 54.6 Å². The number of rotatable bonds is 4. The molecule has 1 saturated heterocycles. The highest BCUT2D eigenvalue weighted by Gasteiger charge is 2.32. The molecule has 0 aliphatic carbocycles. The van der Waals surface area contributed by atoms with Gasteiger partial charge in [0, 0.05) is 12.2 Å². The molecule has 1 aliphatic heterocycles. The van der Waals surface area contributed by atoms with Gasteiger partial charge in [-0.3, -0.25) is 9.69 Å². The standard InChI is InChI=1S/C19H17N3O2S/c1-3-11-22-18(24)16(12-14-7-9-15(23)10-8-14)25-19(22)21-17-6-4-5-13(2)20-17/h3-10,12,23H,1,11H2,2H3/b16-12-,21-19+. The van der Waals surface area contributed by atoms with Gasteiger partial charge in [0.25, 0.3) is 5.91 Å². The van der Waals surface area contributed by atoms with E-state index < -0.39 is 0 Å². The molecule has 0 radical (unpaired) electrons. The minimum atomic E-state index is -0.121. The molecule has 1 aliphatic rings. The second kappa shape index (κ2) is 7.36. The summed E-state index contributed by atoms with van der Waals surface area (Å²) in [5.41, 5.74) is 1.70. The first-order valence-corrected chi connectivity index (χ1v) is 8.52. The number of aromatic nitrogens is 1. The number of aromatic hydroxyl groups is 1. The first kappa shape index (κ1) is 17.0. The fourth-order valence-electron chi connectivity index (χ4n) is 2.29. The summed E-state index contributed by atoms with van der Waals surface area (Å²) in [4.78, 5) is 23.7. The third-order valence-electron chi connectivity index (χ3n) is 3.47. The van der Waals surface area contributed by atoms with E-state index in [1.54, 1.807) is 47.4 Å². The van der Waals surface area contributed by atoms with Gasteiger partial charge in [-0.1, -0.05) is 24.3 Å². The van der Waals surface area contributed by atoms with Crippen LogP contribution in [0.25, 0.3) is 6.08 Å². The number of carbonyl (C=O) groups excluding carboxylic acids is 1. The van der Waals surface area contributed by atoms with Gasteiger partial charge in [0.1, 0.15) is 5.75 Å². The zero-order chi connectivity index (χ0) is 17.8. The van der Waals surface area contributed by atoms with Crippen molar-refractivity contribution in [2.45, 2.75) is 6.92 Å². The molecule has 0 spiro atoms. The quantitative estimate of drug-likeness (QED) is 0.670. The smallest absolute Gasteiger partial charge is 0.267 e. The molecule has 5 nitrogen and oxygen atoms in total. The number of nitrogens with zero attached hydrogens (tertiary/aromatic N) is 3. The fraction of sp³-hybridized carbons (Fsp3) is 0.105. The van der Waals surface area contributed by atoms with Crippen LogP contribution in [-0.4, -0.2) is 32.6 Å². The first-order valence-electron chi connectivity index (χ1n) is 7.70. The van der Waals surface area contributed by atoms with Crippen LogP contribution in [0.15, 0.2) is 65.0 Å². The molecule has 126 valence electrons. The average Bonchev–Trinajstić information content (AvgIpc) is 2.86. The van der Waals surface area contributed by atoms with Gasteiger partial charge >= 0.3 is 0 Å². The van der Waals surface area contributed by atoms with Crippen molar-refractivity contribution in [3.05, 3.63) is 71.3 Å². The van der Waals surface area contributed by atoms with Gasteiger partial charge in [0.05, 0.1) is 4.91 Å². The maximum atomic E-state index is 12.7. The third kappa shape index (κ3) is 3.97. The molecule has 1 N–H and O–H groups in total. The summed E-state index contributed by atoms with van der Waals surface area (Å²) in [6.45, 7) is 5.99. The Morgan fingerprint density at radius 2 is 2.04 bits per heavy atom. The Morgan fingerprint density at radius 3 is 2.72 bits per heavy atom. The van der Waals surface area contributed by atoms with Crippen LogP contribution in [0.5, 0.6) is 5.75 Å². The van der Waals surface area contributed by atoms with Gasteiger partial charge in [0.2, 0.25) is 0 Å². The Kier molecular flexibility index (Phi) is 5.00. The summed E-state index contributed by atoms with van der Waals surface area (Å²) < 4.78 is 0. The van der Waals surface area contributed by atoms with Gasteiger partial charge < -0.3 is 5.11 Å². The Morgan fingerprint density at radius 1 is 1.28 bits per heavy atom. The maximum Gasteiger partial charge on any atom is 0.267 e. The van der Waals surface area contributed by atoms with Crippen LogP contribution in [-0.2, 0) is 4.79 Å². The normalized spacial score (nSPS) is 17.5. The average molecular weight is 351 g/mol. The lowest BCUT2D eigenvalue weighted by Gasteiger charge is -2.12. The van der Waals surface area contributed by atoms with E-state index in [9.17, 15) is 9.90 Å². The zero-order valence-corrected chi connectivity index (χ0v) is 14.5. The van der Waals surface area contributed by atoms with Crippen molar-refractivity contribution in [3.8, 4) is 5.75 Å². The summed E-state index contributed by atoms with van der Waals surface area (Å²) in [6, 6.07) is 12.3. The number of hydrogen-bond acceptors (Lipinski definition) is 5. The maximum absolute atomic E-state index is 12.7. The number of phenolic OH excluding ortho intramolecular Hbond substituents is 1. The van der Waals surface area contributed by atoms with Crippen molar-refractivity contribution in [2.75, 3.05) is 6.54 Å². The molecule has 1 amide bonds. The van der Waals surface area contributed by atoms with Gasteiger partial charge in [-0.25, -0.2) is 9.98 Å². The van der Waals surface area contributed by atoms with Crippen LogP contribution in [0.4, 0.5) is 5.82 Å². The molecule has 1 aromatic heterocycles. The number of amidine groups is 1. The Balaban J connectivity index is 1.94.